The molecular formula is C16H15BrFNO2. The van der Waals surface area contributed by atoms with Gasteiger partial charge in [-0.15, -0.1) is 0 Å². The Balaban J connectivity index is 2.27. The summed E-state index contributed by atoms with van der Waals surface area (Å²) in [6, 6.07) is 11.6. The molecule has 1 atom stereocenters. The number of benzene rings is 2. The molecule has 0 amide bonds. The van der Waals surface area contributed by atoms with Crippen molar-refractivity contribution in [2.45, 2.75) is 13.0 Å². The fourth-order valence-corrected chi connectivity index (χ4v) is 2.26. The van der Waals surface area contributed by atoms with E-state index >= 15 is 0 Å². The van der Waals surface area contributed by atoms with Crippen LogP contribution in [0.1, 0.15) is 28.9 Å². The highest BCUT2D eigenvalue weighted by Gasteiger charge is 2.15. The zero-order valence-corrected chi connectivity index (χ0v) is 13.3. The Morgan fingerprint density at radius 2 is 1.90 bits per heavy atom. The topological polar surface area (TPSA) is 38.3 Å². The maximum Gasteiger partial charge on any atom is 0.339 e. The fourth-order valence-electron chi connectivity index (χ4n) is 1.99. The summed E-state index contributed by atoms with van der Waals surface area (Å²) >= 11 is 3.38. The highest BCUT2D eigenvalue weighted by atomic mass is 79.9. The van der Waals surface area contributed by atoms with Crippen molar-refractivity contribution in [2.24, 2.45) is 0 Å². The molecule has 0 saturated heterocycles. The van der Waals surface area contributed by atoms with E-state index in [1.165, 1.54) is 25.3 Å². The van der Waals surface area contributed by atoms with Gasteiger partial charge in [0.2, 0.25) is 0 Å². The van der Waals surface area contributed by atoms with E-state index in [2.05, 4.69) is 21.2 Å². The lowest BCUT2D eigenvalue weighted by Crippen LogP contribution is -2.12. The second-order valence-electron chi connectivity index (χ2n) is 4.60. The van der Waals surface area contributed by atoms with Gasteiger partial charge in [-0.25, -0.2) is 9.18 Å². The van der Waals surface area contributed by atoms with Gasteiger partial charge in [-0.05, 0) is 42.8 Å². The van der Waals surface area contributed by atoms with Crippen molar-refractivity contribution in [3.8, 4) is 0 Å². The van der Waals surface area contributed by atoms with Crippen LogP contribution in [0.5, 0.6) is 0 Å². The average Bonchev–Trinajstić information content (AvgIpc) is 2.47. The number of methoxy groups -OCH3 is 1. The van der Waals surface area contributed by atoms with E-state index in [0.717, 1.165) is 10.0 Å². The summed E-state index contributed by atoms with van der Waals surface area (Å²) in [6.45, 7) is 1.94. The molecule has 21 heavy (non-hydrogen) atoms. The van der Waals surface area contributed by atoms with Gasteiger partial charge in [0.15, 0.2) is 0 Å². The quantitative estimate of drug-likeness (QED) is 0.821. The lowest BCUT2D eigenvalue weighted by atomic mass is 10.1. The van der Waals surface area contributed by atoms with Crippen LogP contribution in [0.3, 0.4) is 0 Å². The second-order valence-corrected chi connectivity index (χ2v) is 5.51. The molecular weight excluding hydrogens is 337 g/mol. The summed E-state index contributed by atoms with van der Waals surface area (Å²) in [4.78, 5) is 11.7. The Labute approximate surface area is 131 Å². The molecule has 0 aromatic heterocycles. The first-order valence-corrected chi connectivity index (χ1v) is 7.20. The summed E-state index contributed by atoms with van der Waals surface area (Å²) in [5, 5.41) is 3.15. The van der Waals surface area contributed by atoms with E-state index in [4.69, 9.17) is 4.74 Å². The molecule has 2 aromatic rings. The minimum Gasteiger partial charge on any atom is -0.465 e. The van der Waals surface area contributed by atoms with E-state index in [-0.39, 0.29) is 6.04 Å². The maximum atomic E-state index is 13.4. The molecule has 0 fully saturated rings. The Morgan fingerprint density at radius 3 is 2.52 bits per heavy atom. The molecule has 0 saturated carbocycles. The van der Waals surface area contributed by atoms with Crippen LogP contribution in [-0.4, -0.2) is 13.1 Å². The molecule has 0 aliphatic rings. The number of carbonyl (C=O) groups is 1. The first-order chi connectivity index (χ1) is 10.0. The number of hydrogen-bond donors (Lipinski definition) is 1. The van der Waals surface area contributed by atoms with Gasteiger partial charge in [-0.1, -0.05) is 28.1 Å². The number of anilines is 1. The van der Waals surface area contributed by atoms with Gasteiger partial charge < -0.3 is 10.1 Å². The molecule has 5 heteroatoms. The van der Waals surface area contributed by atoms with Crippen LogP contribution in [0.4, 0.5) is 10.1 Å². The van der Waals surface area contributed by atoms with Gasteiger partial charge in [0.05, 0.1) is 18.4 Å². The van der Waals surface area contributed by atoms with Crippen molar-refractivity contribution < 1.29 is 13.9 Å². The monoisotopic (exact) mass is 351 g/mol. The highest BCUT2D eigenvalue weighted by Crippen LogP contribution is 2.25. The number of hydrogen-bond acceptors (Lipinski definition) is 3. The molecule has 0 heterocycles. The Kier molecular flexibility index (Phi) is 4.96. The third-order valence-electron chi connectivity index (χ3n) is 3.13. The van der Waals surface area contributed by atoms with Gasteiger partial charge in [-0.3, -0.25) is 0 Å². The zero-order chi connectivity index (χ0) is 15.4. The summed E-state index contributed by atoms with van der Waals surface area (Å²) in [7, 11) is 1.30. The van der Waals surface area contributed by atoms with E-state index < -0.39 is 11.8 Å². The van der Waals surface area contributed by atoms with Crippen LogP contribution in [-0.2, 0) is 4.74 Å². The standard InChI is InChI=1S/C16H15BrFNO2/c1-10(11-3-5-12(17)6-4-11)19-15-9-13(18)7-8-14(15)16(20)21-2/h3-10,19H,1-2H3. The molecule has 2 aromatic carbocycles. The van der Waals surface area contributed by atoms with Gasteiger partial charge in [-0.2, -0.15) is 0 Å². The van der Waals surface area contributed by atoms with Crippen LogP contribution < -0.4 is 5.32 Å². The van der Waals surface area contributed by atoms with Gasteiger partial charge in [0, 0.05) is 10.5 Å². The number of esters is 1. The van der Waals surface area contributed by atoms with Crippen molar-refractivity contribution in [3.05, 3.63) is 63.9 Å². The third-order valence-corrected chi connectivity index (χ3v) is 3.66. The van der Waals surface area contributed by atoms with E-state index in [9.17, 15) is 9.18 Å². The number of ether oxygens (including phenoxy) is 1. The van der Waals surface area contributed by atoms with Crippen molar-refractivity contribution in [1.29, 1.82) is 0 Å². The number of rotatable bonds is 4. The molecule has 0 radical (unpaired) electrons. The van der Waals surface area contributed by atoms with E-state index in [1.807, 2.05) is 31.2 Å². The van der Waals surface area contributed by atoms with Crippen molar-refractivity contribution in [2.75, 3.05) is 12.4 Å². The van der Waals surface area contributed by atoms with E-state index in [1.54, 1.807) is 0 Å². The van der Waals surface area contributed by atoms with Crippen molar-refractivity contribution in [3.63, 3.8) is 0 Å². The molecule has 3 nitrogen and oxygen atoms in total. The normalized spacial score (nSPS) is 11.8. The van der Waals surface area contributed by atoms with Gasteiger partial charge in [0.25, 0.3) is 0 Å². The van der Waals surface area contributed by atoms with Crippen LogP contribution >= 0.6 is 15.9 Å². The van der Waals surface area contributed by atoms with E-state index in [0.29, 0.717) is 11.3 Å². The first kappa shape index (κ1) is 15.5. The SMILES string of the molecule is COC(=O)c1ccc(F)cc1NC(C)c1ccc(Br)cc1. The Hall–Kier alpha value is -1.88. The first-order valence-electron chi connectivity index (χ1n) is 6.41. The average molecular weight is 352 g/mol. The third kappa shape index (κ3) is 3.82. The lowest BCUT2D eigenvalue weighted by Gasteiger charge is -2.18. The highest BCUT2D eigenvalue weighted by molar-refractivity contribution is 9.10. The molecule has 0 spiro atoms. The van der Waals surface area contributed by atoms with Gasteiger partial charge >= 0.3 is 5.97 Å². The molecule has 0 bridgehead atoms. The maximum absolute atomic E-state index is 13.4. The Morgan fingerprint density at radius 1 is 1.24 bits per heavy atom. The zero-order valence-electron chi connectivity index (χ0n) is 11.7. The lowest BCUT2D eigenvalue weighted by molar-refractivity contribution is 0.0601. The summed E-state index contributed by atoms with van der Waals surface area (Å²) < 4.78 is 19.1. The molecule has 1 N–H and O–H groups in total. The smallest absolute Gasteiger partial charge is 0.339 e. The summed E-state index contributed by atoms with van der Waals surface area (Å²) in [5.74, 6) is -0.909. The molecule has 1 unspecified atom stereocenters. The van der Waals surface area contributed by atoms with Crippen molar-refractivity contribution in [1.82, 2.24) is 0 Å². The molecule has 0 aliphatic carbocycles. The van der Waals surface area contributed by atoms with Crippen molar-refractivity contribution >= 4 is 27.6 Å². The van der Waals surface area contributed by atoms with Crippen LogP contribution in [0.25, 0.3) is 0 Å². The second kappa shape index (κ2) is 6.72. The van der Waals surface area contributed by atoms with Crippen LogP contribution in [0.15, 0.2) is 46.9 Å². The number of halogens is 2. The Bertz CT molecular complexity index is 643. The minimum atomic E-state index is -0.500. The van der Waals surface area contributed by atoms with Gasteiger partial charge in [0.1, 0.15) is 5.82 Å². The largest absolute Gasteiger partial charge is 0.465 e. The molecule has 2 rings (SSSR count). The van der Waals surface area contributed by atoms with Crippen LogP contribution in [0, 0.1) is 5.82 Å². The number of nitrogens with one attached hydrogen (secondary N) is 1. The summed E-state index contributed by atoms with van der Waals surface area (Å²) in [5.41, 5.74) is 1.75. The van der Waals surface area contributed by atoms with Crippen LogP contribution in [0.2, 0.25) is 0 Å². The minimum absolute atomic E-state index is 0.0803. The number of carbonyl (C=O) groups excluding carboxylic acids is 1. The summed E-state index contributed by atoms with van der Waals surface area (Å²) in [6.07, 6.45) is 0. The molecule has 0 aliphatic heterocycles. The fraction of sp³-hybridized carbons (Fsp3) is 0.188. The predicted octanol–water partition coefficient (Wildman–Crippen LogP) is 4.55. The predicted molar refractivity (Wildman–Crippen MR) is 83.9 cm³/mol. The molecule has 110 valence electrons.